The van der Waals surface area contributed by atoms with Crippen LogP contribution in [-0.4, -0.2) is 48.1 Å². The van der Waals surface area contributed by atoms with Gasteiger partial charge in [0.15, 0.2) is 5.69 Å². The summed E-state index contributed by atoms with van der Waals surface area (Å²) in [5.41, 5.74) is 0.988. The van der Waals surface area contributed by atoms with E-state index in [0.717, 1.165) is 0 Å². The number of carbonyl (C=O) groups excluding carboxylic acids is 2. The fourth-order valence-corrected chi connectivity index (χ4v) is 4.14. The van der Waals surface area contributed by atoms with Crippen LogP contribution in [0.4, 0.5) is 11.4 Å². The van der Waals surface area contributed by atoms with E-state index < -0.39 is 11.8 Å². The second-order valence-electron chi connectivity index (χ2n) is 7.66. The smallest absolute Gasteiger partial charge is 0.264 e. The maximum atomic E-state index is 13.2. The van der Waals surface area contributed by atoms with E-state index in [0.29, 0.717) is 17.3 Å². The van der Waals surface area contributed by atoms with Crippen molar-refractivity contribution in [2.75, 3.05) is 20.8 Å². The number of benzene rings is 2. The molecule has 1 aliphatic rings. The van der Waals surface area contributed by atoms with Crippen LogP contribution in [0.2, 0.25) is 0 Å². The summed E-state index contributed by atoms with van der Waals surface area (Å²) in [7, 11) is 4.74. The summed E-state index contributed by atoms with van der Waals surface area (Å²) >= 11 is 0. The molecule has 9 heteroatoms. The van der Waals surface area contributed by atoms with Crippen molar-refractivity contribution in [3.8, 4) is 5.88 Å². The standard InChI is InChI=1S/C24H24N4O5/c1-5-14(13-32-3)28-22(30)16-10-8-11-17(19(16)23(28)31)25-26-20-21(29)15-9-6-7-12-18(15)27(2)24(20)33-4/h6-12,14H,5,13H2,1-4H3. The number of imide groups is 1. The van der Waals surface area contributed by atoms with Gasteiger partial charge >= 0.3 is 0 Å². The fourth-order valence-electron chi connectivity index (χ4n) is 4.14. The number of methoxy groups -OCH3 is 2. The summed E-state index contributed by atoms with van der Waals surface area (Å²) in [6.07, 6.45) is 0.556. The maximum Gasteiger partial charge on any atom is 0.264 e. The Balaban J connectivity index is 1.82. The molecule has 0 radical (unpaired) electrons. The molecule has 1 atom stereocenters. The SMILES string of the molecule is CCC(COC)N1C(=O)c2cccc(N=Nc3c(OC)n(C)c4ccccc4c3=O)c2C1=O. The molecule has 33 heavy (non-hydrogen) atoms. The number of para-hydroxylation sites is 1. The predicted molar refractivity (Wildman–Crippen MR) is 123 cm³/mol. The number of aromatic nitrogens is 1. The predicted octanol–water partition coefficient (Wildman–Crippen LogP) is 3.98. The number of ether oxygens (including phenoxy) is 2. The molecule has 0 aliphatic carbocycles. The highest BCUT2D eigenvalue weighted by molar-refractivity contribution is 6.23. The van der Waals surface area contributed by atoms with E-state index in [-0.39, 0.29) is 46.5 Å². The highest BCUT2D eigenvalue weighted by atomic mass is 16.5. The number of nitrogens with zero attached hydrogens (tertiary/aromatic N) is 4. The van der Waals surface area contributed by atoms with Gasteiger partial charge in [-0.1, -0.05) is 25.1 Å². The molecule has 1 aromatic heterocycles. The second-order valence-corrected chi connectivity index (χ2v) is 7.66. The molecule has 0 spiro atoms. The van der Waals surface area contributed by atoms with E-state index in [1.165, 1.54) is 19.1 Å². The highest BCUT2D eigenvalue weighted by Crippen LogP contribution is 2.35. The van der Waals surface area contributed by atoms with E-state index in [2.05, 4.69) is 10.2 Å². The van der Waals surface area contributed by atoms with Gasteiger partial charge in [0, 0.05) is 19.5 Å². The molecular weight excluding hydrogens is 424 g/mol. The lowest BCUT2D eigenvalue weighted by molar-refractivity contribution is 0.0466. The molecule has 2 amide bonds. The number of azo groups is 1. The van der Waals surface area contributed by atoms with E-state index >= 15 is 0 Å². The van der Waals surface area contributed by atoms with Gasteiger partial charge in [-0.15, -0.1) is 10.2 Å². The minimum absolute atomic E-state index is 0.00995. The third kappa shape index (κ3) is 3.60. The lowest BCUT2D eigenvalue weighted by Crippen LogP contribution is -2.42. The average Bonchev–Trinajstić information content (AvgIpc) is 3.09. The van der Waals surface area contributed by atoms with Crippen LogP contribution in [0.25, 0.3) is 10.9 Å². The number of fused-ring (bicyclic) bond motifs is 2. The van der Waals surface area contributed by atoms with Crippen LogP contribution in [0.5, 0.6) is 5.88 Å². The van der Waals surface area contributed by atoms with Crippen LogP contribution in [-0.2, 0) is 11.8 Å². The molecule has 4 rings (SSSR count). The van der Waals surface area contributed by atoms with Gasteiger partial charge in [0.05, 0.1) is 42.1 Å². The lowest BCUT2D eigenvalue weighted by Gasteiger charge is -2.24. The highest BCUT2D eigenvalue weighted by Gasteiger charge is 2.41. The molecule has 9 nitrogen and oxygen atoms in total. The van der Waals surface area contributed by atoms with Crippen molar-refractivity contribution in [2.45, 2.75) is 19.4 Å². The first kappa shape index (κ1) is 22.3. The minimum Gasteiger partial charge on any atom is -0.480 e. The molecule has 2 aromatic carbocycles. The average molecular weight is 448 g/mol. The normalized spacial score (nSPS) is 14.4. The first-order chi connectivity index (χ1) is 15.9. The second kappa shape index (κ2) is 8.95. The number of rotatable bonds is 7. The summed E-state index contributed by atoms with van der Waals surface area (Å²) in [5.74, 6) is -0.604. The molecule has 2 heterocycles. The molecule has 1 aliphatic heterocycles. The quantitative estimate of drug-likeness (QED) is 0.402. The Morgan fingerprint density at radius 2 is 1.73 bits per heavy atom. The van der Waals surface area contributed by atoms with Gasteiger partial charge in [-0.05, 0) is 30.7 Å². The third-order valence-electron chi connectivity index (χ3n) is 5.80. The lowest BCUT2D eigenvalue weighted by atomic mass is 10.1. The van der Waals surface area contributed by atoms with Crippen LogP contribution in [0.3, 0.4) is 0 Å². The van der Waals surface area contributed by atoms with Gasteiger partial charge in [0.2, 0.25) is 11.3 Å². The van der Waals surface area contributed by atoms with Gasteiger partial charge < -0.3 is 14.0 Å². The Kier molecular flexibility index (Phi) is 6.06. The van der Waals surface area contributed by atoms with Gasteiger partial charge in [-0.3, -0.25) is 19.3 Å². The summed E-state index contributed by atoms with van der Waals surface area (Å²) in [6.45, 7) is 2.12. The van der Waals surface area contributed by atoms with E-state index in [4.69, 9.17) is 9.47 Å². The first-order valence-electron chi connectivity index (χ1n) is 10.5. The van der Waals surface area contributed by atoms with Gasteiger partial charge in [0.1, 0.15) is 0 Å². The zero-order valence-electron chi connectivity index (χ0n) is 18.9. The van der Waals surface area contributed by atoms with Crippen LogP contribution in [0, 0.1) is 0 Å². The van der Waals surface area contributed by atoms with Crippen LogP contribution in [0.1, 0.15) is 34.1 Å². The fraction of sp³-hybridized carbons (Fsp3) is 0.292. The van der Waals surface area contributed by atoms with Gasteiger partial charge in [0.25, 0.3) is 11.8 Å². The Labute approximate surface area is 190 Å². The number of hydrogen-bond acceptors (Lipinski definition) is 7. The van der Waals surface area contributed by atoms with Crippen molar-refractivity contribution >= 4 is 34.1 Å². The topological polar surface area (TPSA) is 103 Å². The largest absolute Gasteiger partial charge is 0.480 e. The Hall–Kier alpha value is -3.85. The molecule has 1 unspecified atom stereocenters. The molecule has 0 N–H and O–H groups in total. The first-order valence-corrected chi connectivity index (χ1v) is 10.5. The van der Waals surface area contributed by atoms with Gasteiger partial charge in [-0.25, -0.2) is 0 Å². The Morgan fingerprint density at radius 3 is 2.42 bits per heavy atom. The molecule has 0 saturated heterocycles. The third-order valence-corrected chi connectivity index (χ3v) is 5.80. The van der Waals surface area contributed by atoms with Crippen molar-refractivity contribution in [3.05, 3.63) is 63.8 Å². The molecule has 0 fully saturated rings. The minimum atomic E-state index is -0.452. The molecule has 0 saturated carbocycles. The van der Waals surface area contributed by atoms with Crippen molar-refractivity contribution in [3.63, 3.8) is 0 Å². The number of amides is 2. The van der Waals surface area contributed by atoms with Gasteiger partial charge in [-0.2, -0.15) is 0 Å². The zero-order valence-corrected chi connectivity index (χ0v) is 18.9. The van der Waals surface area contributed by atoms with E-state index in [9.17, 15) is 14.4 Å². The van der Waals surface area contributed by atoms with Crippen molar-refractivity contribution in [2.24, 2.45) is 17.3 Å². The maximum absolute atomic E-state index is 13.2. The summed E-state index contributed by atoms with van der Waals surface area (Å²) < 4.78 is 12.3. The summed E-state index contributed by atoms with van der Waals surface area (Å²) in [5, 5.41) is 8.87. The molecular formula is C24H24N4O5. The summed E-state index contributed by atoms with van der Waals surface area (Å²) in [4.78, 5) is 40.5. The van der Waals surface area contributed by atoms with Crippen molar-refractivity contribution in [1.29, 1.82) is 0 Å². The van der Waals surface area contributed by atoms with Crippen molar-refractivity contribution in [1.82, 2.24) is 9.47 Å². The monoisotopic (exact) mass is 448 g/mol. The Morgan fingerprint density at radius 1 is 0.970 bits per heavy atom. The number of aryl methyl sites for hydroxylation is 1. The van der Waals surface area contributed by atoms with Crippen LogP contribution < -0.4 is 10.2 Å². The number of hydrogen-bond donors (Lipinski definition) is 0. The van der Waals surface area contributed by atoms with Crippen molar-refractivity contribution < 1.29 is 19.1 Å². The van der Waals surface area contributed by atoms with Crippen LogP contribution in [0.15, 0.2) is 57.5 Å². The summed E-state index contributed by atoms with van der Waals surface area (Å²) in [6, 6.07) is 11.5. The zero-order chi connectivity index (χ0) is 23.7. The Bertz CT molecular complexity index is 1340. The molecule has 3 aromatic rings. The van der Waals surface area contributed by atoms with E-state index in [1.807, 2.05) is 19.1 Å². The number of carbonyl (C=O) groups is 2. The van der Waals surface area contributed by atoms with E-state index in [1.54, 1.807) is 41.9 Å². The molecule has 0 bridgehead atoms. The molecule has 170 valence electrons. The van der Waals surface area contributed by atoms with Crippen LogP contribution >= 0.6 is 0 Å². The number of pyridine rings is 1.